The number of thiophene rings is 2. The molecule has 4 atom stereocenters. The van der Waals surface area contributed by atoms with Crippen molar-refractivity contribution in [2.45, 2.75) is 49.3 Å². The fourth-order valence-electron chi connectivity index (χ4n) is 4.06. The summed E-state index contributed by atoms with van der Waals surface area (Å²) in [6.45, 7) is 0. The Labute approximate surface area is 198 Å². The van der Waals surface area contributed by atoms with Crippen LogP contribution in [0.1, 0.15) is 47.0 Å². The van der Waals surface area contributed by atoms with E-state index >= 15 is 0 Å². The molecule has 0 saturated heterocycles. The van der Waals surface area contributed by atoms with Crippen LogP contribution in [0.5, 0.6) is 0 Å². The first-order chi connectivity index (χ1) is 15.4. The molecule has 0 radical (unpaired) electrons. The fourth-order valence-corrected chi connectivity index (χ4v) is 9.22. The number of hydrogen-bond donors (Lipinski definition) is 2. The van der Waals surface area contributed by atoms with E-state index in [-0.39, 0.29) is 12.1 Å². The molecule has 3 rings (SSSR count). The summed E-state index contributed by atoms with van der Waals surface area (Å²) in [4.78, 5) is 1.77. The van der Waals surface area contributed by atoms with Crippen molar-refractivity contribution >= 4 is 37.9 Å². The van der Waals surface area contributed by atoms with Gasteiger partial charge in [-0.25, -0.2) is 0 Å². The molecule has 1 aliphatic carbocycles. The van der Waals surface area contributed by atoms with Crippen LogP contribution >= 0.6 is 37.9 Å². The summed E-state index contributed by atoms with van der Waals surface area (Å²) >= 11 is 3.01. The molecule has 2 aromatic heterocycles. The second-order valence-corrected chi connectivity index (χ2v) is 14.1. The van der Waals surface area contributed by atoms with Crippen LogP contribution in [0.3, 0.4) is 0 Å². The van der Waals surface area contributed by atoms with Crippen molar-refractivity contribution in [2.75, 3.05) is 28.4 Å². The van der Waals surface area contributed by atoms with E-state index < -0.39 is 26.8 Å². The monoisotopic (exact) mass is 522 g/mol. The molecule has 2 heterocycles. The van der Waals surface area contributed by atoms with Crippen molar-refractivity contribution in [2.24, 2.45) is 0 Å². The summed E-state index contributed by atoms with van der Waals surface area (Å²) in [6, 6.07) is 7.61. The van der Waals surface area contributed by atoms with Crippen LogP contribution in [0.15, 0.2) is 35.0 Å². The Morgan fingerprint density at radius 1 is 0.781 bits per heavy atom. The summed E-state index contributed by atoms with van der Waals surface area (Å²) in [6.07, 6.45) is 3.81. The Hall–Kier alpha value is -0.380. The maximum atomic E-state index is 13.4. The molecule has 12 heteroatoms. The number of hydrogen-bond acceptors (Lipinski definition) is 10. The predicted molar refractivity (Wildman–Crippen MR) is 130 cm³/mol. The maximum absolute atomic E-state index is 13.4. The highest BCUT2D eigenvalue weighted by Crippen LogP contribution is 2.61. The van der Waals surface area contributed by atoms with Gasteiger partial charge in [-0.1, -0.05) is 25.0 Å². The van der Waals surface area contributed by atoms with Gasteiger partial charge in [-0.05, 0) is 35.7 Å². The van der Waals surface area contributed by atoms with E-state index in [9.17, 15) is 9.13 Å². The molecule has 0 aliphatic heterocycles. The van der Waals surface area contributed by atoms with Gasteiger partial charge >= 0.3 is 15.2 Å². The molecule has 8 nitrogen and oxygen atoms in total. The van der Waals surface area contributed by atoms with Crippen LogP contribution in [0.2, 0.25) is 0 Å². The number of rotatable bonds is 12. The average Bonchev–Trinajstić information content (AvgIpc) is 3.55. The van der Waals surface area contributed by atoms with Gasteiger partial charge in [0.15, 0.2) is 0 Å². The first-order valence-corrected chi connectivity index (χ1v) is 15.4. The molecule has 0 spiro atoms. The largest absolute Gasteiger partial charge is 0.352 e. The normalized spacial score (nSPS) is 22.0. The van der Waals surface area contributed by atoms with Crippen molar-refractivity contribution in [1.82, 2.24) is 10.6 Å². The lowest BCUT2D eigenvalue weighted by Crippen LogP contribution is -2.51. The van der Waals surface area contributed by atoms with Crippen molar-refractivity contribution in [3.05, 3.63) is 44.8 Å². The second kappa shape index (κ2) is 11.8. The summed E-state index contributed by atoms with van der Waals surface area (Å²) in [5, 5.41) is 11.0. The Bertz CT molecular complexity index is 821. The highest BCUT2D eigenvalue weighted by molar-refractivity contribution is 7.54. The van der Waals surface area contributed by atoms with Crippen LogP contribution in [-0.2, 0) is 27.2 Å². The molecule has 2 N–H and O–H groups in total. The Balaban J connectivity index is 1.88. The minimum absolute atomic E-state index is 0.0425. The lowest BCUT2D eigenvalue weighted by molar-refractivity contribution is 0.221. The third-order valence-electron chi connectivity index (χ3n) is 5.79. The minimum Gasteiger partial charge on any atom is -0.311 e. The lowest BCUT2D eigenvalue weighted by atomic mass is 9.90. The summed E-state index contributed by atoms with van der Waals surface area (Å²) in [7, 11) is -1.24. The van der Waals surface area contributed by atoms with Crippen LogP contribution in [0, 0.1) is 0 Å². The summed E-state index contributed by atoms with van der Waals surface area (Å²) < 4.78 is 48.2. The predicted octanol–water partition coefficient (Wildman–Crippen LogP) is 5.97. The standard InChI is InChI=1S/C20H32N2O6P2S2/c1-25-29(23,26-2)19(17-11-7-13-31-17)21-15-9-5-6-10-16(15)22-20(18-12-8-14-32-18)30(24,27-3)28-4/h7-8,11-16,19-22H,5-6,9-10H2,1-4H3/t15-,16-,19+,20+/m1/s1. The van der Waals surface area contributed by atoms with Gasteiger partial charge in [0.1, 0.15) is 11.6 Å². The molecule has 2 aromatic rings. The summed E-state index contributed by atoms with van der Waals surface area (Å²) in [5.41, 5.74) is 0. The first-order valence-electron chi connectivity index (χ1n) is 10.4. The smallest absolute Gasteiger partial charge is 0.311 e. The van der Waals surface area contributed by atoms with Gasteiger partial charge in [-0.3, -0.25) is 19.8 Å². The van der Waals surface area contributed by atoms with E-state index in [4.69, 9.17) is 18.1 Å². The zero-order valence-electron chi connectivity index (χ0n) is 18.8. The van der Waals surface area contributed by atoms with Crippen LogP contribution in [0.4, 0.5) is 0 Å². The Kier molecular flexibility index (Phi) is 9.71. The van der Waals surface area contributed by atoms with Gasteiger partial charge in [-0.2, -0.15) is 0 Å². The van der Waals surface area contributed by atoms with Crippen LogP contribution in [-0.4, -0.2) is 40.5 Å². The van der Waals surface area contributed by atoms with E-state index in [1.54, 1.807) is 0 Å². The SMILES string of the molecule is COP(=O)(OC)[C@H](N[C@@H]1CCCC[C@H]1N[C@H](c1cccs1)P(=O)(OC)OC)c1cccs1. The number of nitrogens with one attached hydrogen (secondary N) is 2. The third kappa shape index (κ3) is 5.81. The van der Waals surface area contributed by atoms with Gasteiger partial charge in [-0.15, -0.1) is 22.7 Å². The third-order valence-corrected chi connectivity index (χ3v) is 12.2. The summed E-state index contributed by atoms with van der Waals surface area (Å²) in [5.74, 6) is -1.19. The topological polar surface area (TPSA) is 95.1 Å². The Morgan fingerprint density at radius 2 is 1.16 bits per heavy atom. The van der Waals surface area contributed by atoms with Gasteiger partial charge in [0.2, 0.25) is 0 Å². The highest BCUT2D eigenvalue weighted by Gasteiger charge is 2.43. The van der Waals surface area contributed by atoms with E-state index in [0.717, 1.165) is 35.4 Å². The maximum Gasteiger partial charge on any atom is 0.352 e. The lowest BCUT2D eigenvalue weighted by Gasteiger charge is -2.39. The molecule has 1 saturated carbocycles. The van der Waals surface area contributed by atoms with Gasteiger partial charge < -0.3 is 18.1 Å². The van der Waals surface area contributed by atoms with Gasteiger partial charge in [0, 0.05) is 50.3 Å². The van der Waals surface area contributed by atoms with E-state index in [0.29, 0.717) is 0 Å². The van der Waals surface area contributed by atoms with Crippen molar-refractivity contribution in [3.8, 4) is 0 Å². The molecule has 32 heavy (non-hydrogen) atoms. The Morgan fingerprint density at radius 3 is 1.44 bits per heavy atom. The molecule has 0 bridgehead atoms. The molecule has 0 aromatic carbocycles. The molecule has 0 unspecified atom stereocenters. The van der Waals surface area contributed by atoms with Crippen molar-refractivity contribution in [3.63, 3.8) is 0 Å². The van der Waals surface area contributed by atoms with Crippen LogP contribution in [0.25, 0.3) is 0 Å². The zero-order valence-corrected chi connectivity index (χ0v) is 22.2. The molecule has 1 aliphatic rings. The first kappa shape index (κ1) is 26.2. The van der Waals surface area contributed by atoms with Crippen LogP contribution < -0.4 is 10.6 Å². The van der Waals surface area contributed by atoms with Crippen molar-refractivity contribution in [1.29, 1.82) is 0 Å². The molecule has 0 amide bonds. The van der Waals surface area contributed by atoms with E-state index in [1.807, 2.05) is 35.0 Å². The minimum atomic E-state index is -3.43. The quantitative estimate of drug-likeness (QED) is 0.329. The molecule has 180 valence electrons. The highest BCUT2D eigenvalue weighted by atomic mass is 32.1. The van der Waals surface area contributed by atoms with Crippen molar-refractivity contribution < 1.29 is 27.2 Å². The molecular weight excluding hydrogens is 490 g/mol. The second-order valence-electron chi connectivity index (χ2n) is 7.48. The van der Waals surface area contributed by atoms with Gasteiger partial charge in [0.25, 0.3) is 0 Å². The fraction of sp³-hybridized carbons (Fsp3) is 0.600. The zero-order chi connectivity index (χ0) is 23.2. The van der Waals surface area contributed by atoms with E-state index in [1.165, 1.54) is 51.1 Å². The van der Waals surface area contributed by atoms with Gasteiger partial charge in [0.05, 0.1) is 0 Å². The van der Waals surface area contributed by atoms with E-state index in [2.05, 4.69) is 10.6 Å². The average molecular weight is 523 g/mol. The molecule has 1 fully saturated rings. The molecular formula is C20H32N2O6P2S2.